The first kappa shape index (κ1) is 21.3. The summed E-state index contributed by atoms with van der Waals surface area (Å²) in [6.45, 7) is 15.9. The van der Waals surface area contributed by atoms with E-state index in [-0.39, 0.29) is 0 Å². The molecule has 5 nitrogen and oxygen atoms in total. The van der Waals surface area contributed by atoms with Crippen LogP contribution < -0.4 is 5.32 Å². The minimum Gasteiger partial charge on any atom is -0.336 e. The van der Waals surface area contributed by atoms with Gasteiger partial charge in [0.05, 0.1) is 17.5 Å². The third-order valence-electron chi connectivity index (χ3n) is 2.72. The van der Waals surface area contributed by atoms with Gasteiger partial charge in [0.2, 0.25) is 0 Å². The van der Waals surface area contributed by atoms with Crippen molar-refractivity contribution in [3.05, 3.63) is 40.8 Å². The summed E-state index contributed by atoms with van der Waals surface area (Å²) in [5, 5.41) is 7.55. The molecule has 1 aromatic heterocycles. The number of hydrogen-bond acceptors (Lipinski definition) is 3. The fraction of sp³-hybridized carbons (Fsp3) is 0.471. The van der Waals surface area contributed by atoms with Gasteiger partial charge in [0.25, 0.3) is 0 Å². The molecule has 0 saturated heterocycles. The molecule has 0 bridgehead atoms. The smallest absolute Gasteiger partial charge is 0.174 e. The van der Waals surface area contributed by atoms with E-state index >= 15 is 0 Å². The van der Waals surface area contributed by atoms with Crippen molar-refractivity contribution in [3.63, 3.8) is 0 Å². The fourth-order valence-electron chi connectivity index (χ4n) is 1.67. The monoisotopic (exact) mass is 381 g/mol. The minimum absolute atomic E-state index is 0.324. The Morgan fingerprint density at radius 2 is 1.96 bits per heavy atom. The zero-order chi connectivity index (χ0) is 18.0. The number of aromatic nitrogens is 2. The van der Waals surface area contributed by atoms with Crippen LogP contribution in [-0.4, -0.2) is 28.5 Å². The van der Waals surface area contributed by atoms with Gasteiger partial charge in [-0.3, -0.25) is 9.67 Å². The predicted octanol–water partition coefficient (Wildman–Crippen LogP) is 4.69. The highest BCUT2D eigenvalue weighted by Crippen LogP contribution is 2.19. The number of hydrogen-bond donors (Lipinski definition) is 1. The van der Waals surface area contributed by atoms with Gasteiger partial charge in [0.1, 0.15) is 5.84 Å². The van der Waals surface area contributed by atoms with E-state index < -0.39 is 0 Å². The molecule has 23 heavy (non-hydrogen) atoms. The summed E-state index contributed by atoms with van der Waals surface area (Å²) in [6, 6.07) is 0.324. The molecule has 2 heterocycles. The van der Waals surface area contributed by atoms with Gasteiger partial charge in [0, 0.05) is 23.8 Å². The average molecular weight is 382 g/mol. The van der Waals surface area contributed by atoms with Gasteiger partial charge in [-0.1, -0.05) is 40.3 Å². The van der Waals surface area contributed by atoms with Crippen LogP contribution in [0.1, 0.15) is 53.1 Å². The van der Waals surface area contributed by atoms with Crippen molar-refractivity contribution in [1.82, 2.24) is 15.1 Å². The number of rotatable bonds is 3. The van der Waals surface area contributed by atoms with E-state index in [2.05, 4.69) is 56.8 Å². The Kier molecular flexibility index (Phi) is 10.1. The quantitative estimate of drug-likeness (QED) is 0.825. The van der Waals surface area contributed by atoms with Crippen LogP contribution in [0.15, 0.2) is 45.2 Å². The Bertz CT molecular complexity index is 594. The molecule has 0 aromatic carbocycles. The highest BCUT2D eigenvalue weighted by atomic mass is 79.9. The maximum atomic E-state index is 4.47. The molecule has 1 aliphatic rings. The number of amidine groups is 2. The van der Waals surface area contributed by atoms with E-state index in [0.29, 0.717) is 11.9 Å². The Morgan fingerprint density at radius 1 is 1.35 bits per heavy atom. The second-order valence-corrected chi connectivity index (χ2v) is 5.22. The summed E-state index contributed by atoms with van der Waals surface area (Å²) < 4.78 is 2.73. The third-order valence-corrected chi connectivity index (χ3v) is 3.44. The van der Waals surface area contributed by atoms with Gasteiger partial charge in [-0.05, 0) is 29.8 Å². The van der Waals surface area contributed by atoms with Crippen LogP contribution in [-0.2, 0) is 0 Å². The molecule has 1 N–H and O–H groups in total. The summed E-state index contributed by atoms with van der Waals surface area (Å²) in [4.78, 5) is 8.63. The molecule has 0 aliphatic carbocycles. The van der Waals surface area contributed by atoms with Gasteiger partial charge in [0.15, 0.2) is 5.84 Å². The largest absolute Gasteiger partial charge is 0.336 e. The summed E-state index contributed by atoms with van der Waals surface area (Å²) in [5.41, 5.74) is 1.76. The molecule has 1 aliphatic heterocycles. The molecule has 0 saturated carbocycles. The van der Waals surface area contributed by atoms with Crippen LogP contribution in [0.25, 0.3) is 0 Å². The molecule has 0 amide bonds. The zero-order valence-electron chi connectivity index (χ0n) is 15.2. The summed E-state index contributed by atoms with van der Waals surface area (Å²) >= 11 is 3.44. The van der Waals surface area contributed by atoms with Crippen molar-refractivity contribution in [2.24, 2.45) is 9.98 Å². The van der Waals surface area contributed by atoms with Gasteiger partial charge in [-0.15, -0.1) is 0 Å². The van der Waals surface area contributed by atoms with E-state index in [9.17, 15) is 0 Å². The fourth-order valence-corrected chi connectivity index (χ4v) is 1.95. The number of allylic oxidation sites excluding steroid dienone is 2. The van der Waals surface area contributed by atoms with Gasteiger partial charge in [-0.2, -0.15) is 5.10 Å². The molecule has 0 spiro atoms. The van der Waals surface area contributed by atoms with Gasteiger partial charge >= 0.3 is 0 Å². The van der Waals surface area contributed by atoms with Crippen LogP contribution >= 0.6 is 15.9 Å². The van der Waals surface area contributed by atoms with Crippen molar-refractivity contribution in [2.45, 2.75) is 47.6 Å². The highest BCUT2D eigenvalue weighted by molar-refractivity contribution is 9.11. The lowest BCUT2D eigenvalue weighted by molar-refractivity contribution is 0.532. The van der Waals surface area contributed by atoms with Crippen LogP contribution in [0.3, 0.4) is 0 Å². The second-order valence-electron chi connectivity index (χ2n) is 4.36. The SMILES string of the molecule is C=C/C(Br)=C1/NC(c2cnn(C(C)C)c2)=NC1=NC.CC.CC. The molecule has 6 heteroatoms. The maximum Gasteiger partial charge on any atom is 0.174 e. The summed E-state index contributed by atoms with van der Waals surface area (Å²) in [5.74, 6) is 1.40. The first-order valence-electron chi connectivity index (χ1n) is 7.96. The summed E-state index contributed by atoms with van der Waals surface area (Å²) in [7, 11) is 1.71. The standard InChI is InChI=1S/C13H16BrN5.2C2H6/c1-5-10(14)11-13(15-4)18-12(17-11)9-6-16-19(7-9)8(2)3;2*1-2/h5-8H,1H2,2-4H3,(H,15,17,18);2*1-2H3/b11-10-;;. The Balaban J connectivity index is 0.00000112. The highest BCUT2D eigenvalue weighted by Gasteiger charge is 2.22. The topological polar surface area (TPSA) is 54.6 Å². The first-order valence-corrected chi connectivity index (χ1v) is 8.75. The Hall–Kier alpha value is -1.69. The minimum atomic E-state index is 0.324. The molecular formula is C17H28BrN5. The molecule has 1 aromatic rings. The van der Waals surface area contributed by atoms with Gasteiger partial charge in [-0.25, -0.2) is 4.99 Å². The second kappa shape index (κ2) is 10.9. The normalized spacial score (nSPS) is 16.7. The molecule has 0 unspecified atom stereocenters. The van der Waals surface area contributed by atoms with Crippen molar-refractivity contribution >= 4 is 27.6 Å². The molecule has 128 valence electrons. The number of halogens is 1. The molecule has 0 atom stereocenters. The Morgan fingerprint density at radius 3 is 2.39 bits per heavy atom. The van der Waals surface area contributed by atoms with E-state index in [1.54, 1.807) is 19.3 Å². The van der Waals surface area contributed by atoms with E-state index in [0.717, 1.165) is 21.6 Å². The lowest BCUT2D eigenvalue weighted by atomic mass is 10.3. The van der Waals surface area contributed by atoms with Gasteiger partial charge < -0.3 is 5.32 Å². The van der Waals surface area contributed by atoms with Crippen LogP contribution in [0.4, 0.5) is 0 Å². The molecule has 0 radical (unpaired) electrons. The van der Waals surface area contributed by atoms with Crippen LogP contribution in [0.5, 0.6) is 0 Å². The predicted molar refractivity (Wildman–Crippen MR) is 104 cm³/mol. The number of aliphatic imine (C=N–C) groups is 2. The van der Waals surface area contributed by atoms with E-state index in [1.165, 1.54) is 0 Å². The third kappa shape index (κ3) is 5.46. The van der Waals surface area contributed by atoms with Crippen LogP contribution in [0.2, 0.25) is 0 Å². The molecule has 2 rings (SSSR count). The number of nitrogens with zero attached hydrogens (tertiary/aromatic N) is 4. The molecular weight excluding hydrogens is 354 g/mol. The van der Waals surface area contributed by atoms with Crippen molar-refractivity contribution in [2.75, 3.05) is 7.05 Å². The maximum absolute atomic E-state index is 4.47. The lowest BCUT2D eigenvalue weighted by Gasteiger charge is -2.04. The number of nitrogens with one attached hydrogen (secondary N) is 1. The Labute approximate surface area is 148 Å². The zero-order valence-corrected chi connectivity index (χ0v) is 16.8. The van der Waals surface area contributed by atoms with E-state index in [1.807, 2.05) is 38.6 Å². The summed E-state index contributed by atoms with van der Waals surface area (Å²) in [6.07, 6.45) is 5.47. The van der Waals surface area contributed by atoms with Crippen molar-refractivity contribution in [3.8, 4) is 0 Å². The lowest BCUT2D eigenvalue weighted by Crippen LogP contribution is -2.19. The molecule has 0 fully saturated rings. The van der Waals surface area contributed by atoms with Crippen molar-refractivity contribution < 1.29 is 0 Å². The average Bonchev–Trinajstić information content (AvgIpc) is 3.24. The van der Waals surface area contributed by atoms with Crippen molar-refractivity contribution in [1.29, 1.82) is 0 Å². The van der Waals surface area contributed by atoms with Crippen LogP contribution in [0, 0.1) is 0 Å². The van der Waals surface area contributed by atoms with E-state index in [4.69, 9.17) is 0 Å². The first-order chi connectivity index (χ1) is 11.1.